The molecule has 0 aromatic heterocycles. The Balaban J connectivity index is 1.25. The highest BCUT2D eigenvalue weighted by molar-refractivity contribution is 5.81. The van der Waals surface area contributed by atoms with E-state index in [2.05, 4.69) is 61.8 Å². The molecule has 1 saturated heterocycles. The fraction of sp³-hybridized carbons (Fsp3) is 0.583. The molecule has 1 atom stereocenters. The quantitative estimate of drug-likeness (QED) is 0.446. The Morgan fingerprint density at radius 3 is 2.70 bits per heavy atom. The summed E-state index contributed by atoms with van der Waals surface area (Å²) in [5, 5.41) is 6.96. The van der Waals surface area contributed by atoms with E-state index in [0.717, 1.165) is 57.9 Å². The van der Waals surface area contributed by atoms with Crippen LogP contribution in [0.5, 0.6) is 0 Å². The minimum atomic E-state index is 0.257. The Morgan fingerprint density at radius 1 is 1.13 bits per heavy atom. The molecule has 0 spiro atoms. The lowest BCUT2D eigenvalue weighted by molar-refractivity contribution is -0.135. The molecule has 2 aliphatic heterocycles. The van der Waals surface area contributed by atoms with Gasteiger partial charge in [-0.15, -0.1) is 0 Å². The number of hydrogen-bond donors (Lipinski definition) is 2. The molecule has 0 radical (unpaired) electrons. The van der Waals surface area contributed by atoms with E-state index in [0.29, 0.717) is 5.91 Å². The molecule has 1 unspecified atom stereocenters. The van der Waals surface area contributed by atoms with Crippen LogP contribution >= 0.6 is 0 Å². The fourth-order valence-electron chi connectivity index (χ4n) is 4.81. The van der Waals surface area contributed by atoms with Gasteiger partial charge in [0.25, 0.3) is 0 Å². The number of aliphatic imine (C=N–C) groups is 1. The molecule has 1 saturated carbocycles. The minimum absolute atomic E-state index is 0.257. The monoisotopic (exact) mass is 409 g/mol. The molecule has 30 heavy (non-hydrogen) atoms. The average molecular weight is 410 g/mol. The van der Waals surface area contributed by atoms with E-state index in [1.54, 1.807) is 0 Å². The molecular weight excluding hydrogens is 374 g/mol. The molecule has 1 amide bonds. The highest BCUT2D eigenvalue weighted by Gasteiger charge is 2.31. The summed E-state index contributed by atoms with van der Waals surface area (Å²) in [4.78, 5) is 21.6. The number of likely N-dealkylation sites (tertiary alicyclic amines) is 1. The Labute approximate surface area is 180 Å². The maximum Gasteiger partial charge on any atom is 0.225 e. The first-order valence-corrected chi connectivity index (χ1v) is 11.5. The molecule has 162 valence electrons. The van der Waals surface area contributed by atoms with E-state index in [1.165, 1.54) is 30.5 Å². The second-order valence-electron chi connectivity index (χ2n) is 8.72. The van der Waals surface area contributed by atoms with Crippen LogP contribution in [0, 0.1) is 5.92 Å². The van der Waals surface area contributed by atoms with Gasteiger partial charge in [-0.1, -0.05) is 43.5 Å². The lowest BCUT2D eigenvalue weighted by atomic mass is 9.88. The van der Waals surface area contributed by atoms with Gasteiger partial charge in [0, 0.05) is 57.4 Å². The molecule has 3 aliphatic rings. The Morgan fingerprint density at radius 2 is 1.93 bits per heavy atom. The van der Waals surface area contributed by atoms with E-state index in [4.69, 9.17) is 0 Å². The summed E-state index contributed by atoms with van der Waals surface area (Å²) < 4.78 is 0. The fourth-order valence-corrected chi connectivity index (χ4v) is 4.81. The highest BCUT2D eigenvalue weighted by atomic mass is 16.2. The Bertz CT molecular complexity index is 776. The Kier molecular flexibility index (Phi) is 6.92. The molecule has 1 aromatic rings. The molecular formula is C24H35N5O. The van der Waals surface area contributed by atoms with Crippen molar-refractivity contribution in [3.63, 3.8) is 0 Å². The van der Waals surface area contributed by atoms with Gasteiger partial charge in [0.15, 0.2) is 5.96 Å². The molecule has 2 N–H and O–H groups in total. The number of rotatable bonds is 5. The predicted molar refractivity (Wildman–Crippen MR) is 123 cm³/mol. The molecule has 2 heterocycles. The molecule has 1 aromatic carbocycles. The smallest absolute Gasteiger partial charge is 0.225 e. The summed E-state index contributed by atoms with van der Waals surface area (Å²) in [6.07, 6.45) is 11.2. The SMILES string of the molecule is CN=C(NCc1cccc(N2CC=CC2)c1)NC1CCN(C(=O)C2CCCCC2)C1. The van der Waals surface area contributed by atoms with E-state index in [-0.39, 0.29) is 12.0 Å². The van der Waals surface area contributed by atoms with Gasteiger partial charge in [-0.25, -0.2) is 0 Å². The first-order chi connectivity index (χ1) is 14.7. The van der Waals surface area contributed by atoms with Gasteiger partial charge in [-0.05, 0) is 37.0 Å². The summed E-state index contributed by atoms with van der Waals surface area (Å²) in [7, 11) is 1.81. The predicted octanol–water partition coefficient (Wildman–Crippen LogP) is 2.91. The largest absolute Gasteiger partial charge is 0.364 e. The number of guanidine groups is 1. The van der Waals surface area contributed by atoms with Crippen molar-refractivity contribution in [2.24, 2.45) is 10.9 Å². The van der Waals surface area contributed by atoms with Crippen molar-refractivity contribution in [2.45, 2.75) is 51.1 Å². The van der Waals surface area contributed by atoms with Crippen LogP contribution in [0.4, 0.5) is 5.69 Å². The molecule has 0 bridgehead atoms. The molecule has 1 aliphatic carbocycles. The van der Waals surface area contributed by atoms with Gasteiger partial charge in [-0.2, -0.15) is 0 Å². The molecule has 2 fully saturated rings. The van der Waals surface area contributed by atoms with Crippen molar-refractivity contribution in [3.8, 4) is 0 Å². The van der Waals surface area contributed by atoms with Crippen molar-refractivity contribution in [1.29, 1.82) is 0 Å². The lowest BCUT2D eigenvalue weighted by Gasteiger charge is -2.26. The third-order valence-corrected chi connectivity index (χ3v) is 6.57. The summed E-state index contributed by atoms with van der Waals surface area (Å²) in [5.74, 6) is 1.43. The summed E-state index contributed by atoms with van der Waals surface area (Å²) in [6, 6.07) is 8.94. The maximum atomic E-state index is 12.8. The number of hydrogen-bond acceptors (Lipinski definition) is 3. The van der Waals surface area contributed by atoms with E-state index >= 15 is 0 Å². The highest BCUT2D eigenvalue weighted by Crippen LogP contribution is 2.26. The molecule has 6 nitrogen and oxygen atoms in total. The second-order valence-corrected chi connectivity index (χ2v) is 8.72. The van der Waals surface area contributed by atoms with Crippen molar-refractivity contribution < 1.29 is 4.79 Å². The Hall–Kier alpha value is -2.50. The van der Waals surface area contributed by atoms with Crippen LogP contribution < -0.4 is 15.5 Å². The van der Waals surface area contributed by atoms with Crippen molar-refractivity contribution >= 4 is 17.6 Å². The zero-order valence-corrected chi connectivity index (χ0v) is 18.1. The van der Waals surface area contributed by atoms with Gasteiger partial charge in [0.2, 0.25) is 5.91 Å². The standard InChI is InChI=1S/C24H35N5O/c1-25-24(26-17-19-8-7-11-22(16-19)28-13-5-6-14-28)27-21-12-15-29(18-21)23(30)20-9-3-2-4-10-20/h5-8,11,16,20-21H,2-4,9-10,12-15,17-18H2,1H3,(H2,25,26,27). The first-order valence-electron chi connectivity index (χ1n) is 11.5. The van der Waals surface area contributed by atoms with Crippen LogP contribution in [0.3, 0.4) is 0 Å². The van der Waals surface area contributed by atoms with Gasteiger partial charge >= 0.3 is 0 Å². The maximum absolute atomic E-state index is 12.8. The number of nitrogens with zero attached hydrogens (tertiary/aromatic N) is 3. The van der Waals surface area contributed by atoms with E-state index in [9.17, 15) is 4.79 Å². The van der Waals surface area contributed by atoms with Crippen LogP contribution in [0.25, 0.3) is 0 Å². The van der Waals surface area contributed by atoms with E-state index < -0.39 is 0 Å². The molecule has 6 heteroatoms. The van der Waals surface area contributed by atoms with Gasteiger partial charge < -0.3 is 20.4 Å². The van der Waals surface area contributed by atoms with Crippen LogP contribution in [0.1, 0.15) is 44.1 Å². The topological polar surface area (TPSA) is 60.0 Å². The number of carbonyl (C=O) groups is 1. The van der Waals surface area contributed by atoms with Crippen LogP contribution in [-0.4, -0.2) is 56.0 Å². The third-order valence-electron chi connectivity index (χ3n) is 6.57. The zero-order valence-electron chi connectivity index (χ0n) is 18.1. The van der Waals surface area contributed by atoms with Gasteiger partial charge in [0.05, 0.1) is 0 Å². The third kappa shape index (κ3) is 5.15. The van der Waals surface area contributed by atoms with Crippen LogP contribution in [0.2, 0.25) is 0 Å². The normalized spacial score (nSPS) is 22.6. The summed E-state index contributed by atoms with van der Waals surface area (Å²) in [6.45, 7) is 4.34. The van der Waals surface area contributed by atoms with Crippen molar-refractivity contribution in [1.82, 2.24) is 15.5 Å². The first kappa shape index (κ1) is 20.8. The molecule has 4 rings (SSSR count). The number of nitrogens with one attached hydrogen (secondary N) is 2. The second kappa shape index (κ2) is 10.0. The van der Waals surface area contributed by atoms with Crippen LogP contribution in [0.15, 0.2) is 41.4 Å². The number of carbonyl (C=O) groups excluding carboxylic acids is 1. The lowest BCUT2D eigenvalue weighted by Crippen LogP contribution is -2.45. The number of amides is 1. The van der Waals surface area contributed by atoms with E-state index in [1.807, 2.05) is 7.05 Å². The zero-order chi connectivity index (χ0) is 20.8. The average Bonchev–Trinajstić information content (AvgIpc) is 3.49. The van der Waals surface area contributed by atoms with Crippen LogP contribution in [-0.2, 0) is 11.3 Å². The van der Waals surface area contributed by atoms with Crippen molar-refractivity contribution in [3.05, 3.63) is 42.0 Å². The summed E-state index contributed by atoms with van der Waals surface area (Å²) in [5.41, 5.74) is 2.50. The number of anilines is 1. The number of benzene rings is 1. The van der Waals surface area contributed by atoms with Gasteiger partial charge in [-0.3, -0.25) is 9.79 Å². The van der Waals surface area contributed by atoms with Gasteiger partial charge in [0.1, 0.15) is 0 Å². The summed E-state index contributed by atoms with van der Waals surface area (Å²) >= 11 is 0. The minimum Gasteiger partial charge on any atom is -0.364 e. The van der Waals surface area contributed by atoms with Crippen molar-refractivity contribution in [2.75, 3.05) is 38.1 Å².